The number of aliphatic hydroxyl groups excluding tert-OH is 1. The molecule has 0 spiro atoms. The number of fused-ring (bicyclic) bond motifs is 1. The number of nitrogens with zero attached hydrogens (tertiary/aromatic N) is 2. The first kappa shape index (κ1) is 17.1. The molecule has 1 atom stereocenters. The number of anilines is 2. The highest BCUT2D eigenvalue weighted by Crippen LogP contribution is 2.33. The minimum Gasteiger partial charge on any atom is -0.465 e. The van der Waals surface area contributed by atoms with Gasteiger partial charge in [0.05, 0.1) is 40.8 Å². The van der Waals surface area contributed by atoms with Crippen LogP contribution in [-0.2, 0) is 16.4 Å². The number of amides is 1. The van der Waals surface area contributed by atoms with Crippen molar-refractivity contribution in [2.24, 2.45) is 0 Å². The number of nitrogens with one attached hydrogen (secondary N) is 1. The summed E-state index contributed by atoms with van der Waals surface area (Å²) in [5.41, 5.74) is 0.586. The second-order valence-corrected chi connectivity index (χ2v) is 7.33. The Morgan fingerprint density at radius 3 is 2.64 bits per heavy atom. The summed E-state index contributed by atoms with van der Waals surface area (Å²) in [6, 6.07) is 5.63. The van der Waals surface area contributed by atoms with Crippen LogP contribution in [-0.4, -0.2) is 42.4 Å². The molecule has 0 saturated heterocycles. The highest BCUT2D eigenvalue weighted by Gasteiger charge is 2.33. The van der Waals surface area contributed by atoms with Crippen molar-refractivity contribution in [1.29, 1.82) is 0 Å². The number of aromatic nitrogens is 1. The third kappa shape index (κ3) is 3.39. The van der Waals surface area contributed by atoms with Crippen LogP contribution in [0.3, 0.4) is 0 Å². The van der Waals surface area contributed by atoms with E-state index in [1.807, 2.05) is 0 Å². The molecular formula is C15H14FN3O5S. The second-order valence-electron chi connectivity index (χ2n) is 5.47. The Hall–Kier alpha value is -2.72. The minimum absolute atomic E-state index is 0.0990. The van der Waals surface area contributed by atoms with Gasteiger partial charge in [0.2, 0.25) is 0 Å². The Kier molecular flexibility index (Phi) is 4.31. The van der Waals surface area contributed by atoms with Crippen molar-refractivity contribution in [3.8, 4) is 0 Å². The predicted octanol–water partition coefficient (Wildman–Crippen LogP) is 1.42. The largest absolute Gasteiger partial charge is 0.465 e. The number of sulfonamides is 1. The maximum absolute atomic E-state index is 13.1. The molecule has 1 unspecified atom stereocenters. The zero-order chi connectivity index (χ0) is 18.2. The SMILES string of the molecule is O=C(O)Nc1cnc2c(c1)N(S(=O)(=O)c1ccc(F)cc1)CC(O)C2. The molecule has 1 aliphatic heterocycles. The van der Waals surface area contributed by atoms with Gasteiger partial charge >= 0.3 is 6.09 Å². The first-order chi connectivity index (χ1) is 11.8. The maximum atomic E-state index is 13.1. The number of hydrogen-bond acceptors (Lipinski definition) is 5. The number of rotatable bonds is 3. The molecule has 0 aliphatic carbocycles. The maximum Gasteiger partial charge on any atom is 0.409 e. The van der Waals surface area contributed by atoms with Crippen LogP contribution >= 0.6 is 0 Å². The molecule has 132 valence electrons. The lowest BCUT2D eigenvalue weighted by atomic mass is 10.1. The summed E-state index contributed by atoms with van der Waals surface area (Å²) in [6.45, 7) is -0.217. The van der Waals surface area contributed by atoms with E-state index in [4.69, 9.17) is 5.11 Å². The third-order valence-corrected chi connectivity index (χ3v) is 5.47. The van der Waals surface area contributed by atoms with E-state index in [-0.39, 0.29) is 29.2 Å². The summed E-state index contributed by atoms with van der Waals surface area (Å²) in [5, 5.41) is 20.9. The highest BCUT2D eigenvalue weighted by molar-refractivity contribution is 7.92. The fourth-order valence-electron chi connectivity index (χ4n) is 2.59. The summed E-state index contributed by atoms with van der Waals surface area (Å²) >= 11 is 0. The summed E-state index contributed by atoms with van der Waals surface area (Å²) < 4.78 is 39.8. The van der Waals surface area contributed by atoms with E-state index in [2.05, 4.69) is 10.3 Å². The van der Waals surface area contributed by atoms with Crippen LogP contribution in [0.5, 0.6) is 0 Å². The van der Waals surface area contributed by atoms with Gasteiger partial charge in [-0.25, -0.2) is 17.6 Å². The van der Waals surface area contributed by atoms with Gasteiger partial charge in [-0.2, -0.15) is 0 Å². The second kappa shape index (κ2) is 6.30. The molecule has 1 amide bonds. The third-order valence-electron chi connectivity index (χ3n) is 3.67. The summed E-state index contributed by atoms with van der Waals surface area (Å²) in [5.74, 6) is -0.576. The number of hydrogen-bond donors (Lipinski definition) is 3. The molecule has 3 rings (SSSR count). The van der Waals surface area contributed by atoms with E-state index in [0.717, 1.165) is 28.6 Å². The lowest BCUT2D eigenvalue weighted by Crippen LogP contribution is -2.42. The molecule has 8 nitrogen and oxygen atoms in total. The lowest BCUT2D eigenvalue weighted by Gasteiger charge is -2.32. The summed E-state index contributed by atoms with van der Waals surface area (Å²) in [4.78, 5) is 14.7. The molecule has 2 heterocycles. The van der Waals surface area contributed by atoms with Crippen molar-refractivity contribution in [2.45, 2.75) is 17.4 Å². The van der Waals surface area contributed by atoms with Crippen LogP contribution in [0.15, 0.2) is 41.4 Å². The van der Waals surface area contributed by atoms with Crippen molar-refractivity contribution in [3.63, 3.8) is 0 Å². The van der Waals surface area contributed by atoms with Gasteiger partial charge in [-0.15, -0.1) is 0 Å². The molecule has 10 heteroatoms. The summed E-state index contributed by atoms with van der Waals surface area (Å²) in [6.07, 6.45) is -0.898. The Labute approximate surface area is 142 Å². The van der Waals surface area contributed by atoms with Gasteiger partial charge < -0.3 is 10.2 Å². The van der Waals surface area contributed by atoms with Crippen LogP contribution in [0, 0.1) is 5.82 Å². The van der Waals surface area contributed by atoms with Gasteiger partial charge in [0.15, 0.2) is 0 Å². The Morgan fingerprint density at radius 2 is 2.00 bits per heavy atom. The first-order valence-corrected chi connectivity index (χ1v) is 8.66. The van der Waals surface area contributed by atoms with Gasteiger partial charge in [-0.05, 0) is 30.3 Å². The summed E-state index contributed by atoms with van der Waals surface area (Å²) in [7, 11) is -4.08. The fraction of sp³-hybridized carbons (Fsp3) is 0.200. The molecule has 1 aliphatic rings. The van der Waals surface area contributed by atoms with E-state index in [9.17, 15) is 22.7 Å². The number of pyridine rings is 1. The average molecular weight is 367 g/mol. The molecule has 2 aromatic rings. The number of aliphatic hydroxyl groups is 1. The molecule has 0 radical (unpaired) electrons. The molecule has 1 aromatic carbocycles. The topological polar surface area (TPSA) is 120 Å². The van der Waals surface area contributed by atoms with E-state index in [1.165, 1.54) is 12.3 Å². The number of carbonyl (C=O) groups is 1. The molecule has 25 heavy (non-hydrogen) atoms. The van der Waals surface area contributed by atoms with E-state index in [0.29, 0.717) is 5.69 Å². The van der Waals surface area contributed by atoms with Crippen LogP contribution in [0.1, 0.15) is 5.69 Å². The van der Waals surface area contributed by atoms with Crippen LogP contribution in [0.25, 0.3) is 0 Å². The van der Waals surface area contributed by atoms with Crippen LogP contribution < -0.4 is 9.62 Å². The minimum atomic E-state index is -4.08. The number of halogens is 1. The molecule has 0 bridgehead atoms. The van der Waals surface area contributed by atoms with E-state index >= 15 is 0 Å². The van der Waals surface area contributed by atoms with Crippen molar-refractivity contribution in [3.05, 3.63) is 48.0 Å². The Morgan fingerprint density at radius 1 is 1.32 bits per heavy atom. The molecule has 0 fully saturated rings. The van der Waals surface area contributed by atoms with Gasteiger partial charge in [0, 0.05) is 6.42 Å². The van der Waals surface area contributed by atoms with Crippen molar-refractivity contribution < 1.29 is 27.8 Å². The first-order valence-electron chi connectivity index (χ1n) is 7.22. The molecule has 1 aromatic heterocycles. The highest BCUT2D eigenvalue weighted by atomic mass is 32.2. The fourth-order valence-corrected chi connectivity index (χ4v) is 4.11. The number of carboxylic acid groups (broad SMARTS) is 1. The standard InChI is InChI=1S/C15H14FN3O5S/c16-9-1-3-12(4-2-9)25(23,24)19-8-11(20)6-13-14(19)5-10(7-17-13)18-15(21)22/h1-5,7,11,18,20H,6,8H2,(H,21,22). The van der Waals surface area contributed by atoms with Gasteiger partial charge in [0.1, 0.15) is 5.82 Å². The van der Waals surface area contributed by atoms with E-state index in [1.54, 1.807) is 0 Å². The van der Waals surface area contributed by atoms with E-state index < -0.39 is 28.0 Å². The van der Waals surface area contributed by atoms with Crippen molar-refractivity contribution in [2.75, 3.05) is 16.2 Å². The van der Waals surface area contributed by atoms with Crippen LogP contribution in [0.2, 0.25) is 0 Å². The number of benzene rings is 1. The van der Waals surface area contributed by atoms with Crippen LogP contribution in [0.4, 0.5) is 20.6 Å². The lowest BCUT2D eigenvalue weighted by molar-refractivity contribution is 0.178. The normalized spacial score (nSPS) is 17.0. The average Bonchev–Trinajstić information content (AvgIpc) is 2.54. The Bertz CT molecular complexity index is 917. The molecule has 0 saturated carbocycles. The van der Waals surface area contributed by atoms with Crippen molar-refractivity contribution >= 4 is 27.5 Å². The van der Waals surface area contributed by atoms with Gasteiger partial charge in [-0.3, -0.25) is 14.6 Å². The zero-order valence-corrected chi connectivity index (χ0v) is 13.6. The van der Waals surface area contributed by atoms with Gasteiger partial charge in [-0.1, -0.05) is 0 Å². The van der Waals surface area contributed by atoms with Crippen molar-refractivity contribution in [1.82, 2.24) is 4.98 Å². The number of β-amino-alcohol motifs (C(OH)–C–C–N with tert-alkyl or cyclic N) is 1. The Balaban J connectivity index is 2.08. The molecule has 3 N–H and O–H groups in total. The van der Waals surface area contributed by atoms with Gasteiger partial charge in [0.25, 0.3) is 10.0 Å². The predicted molar refractivity (Wildman–Crippen MR) is 86.5 cm³/mol. The quantitative estimate of drug-likeness (QED) is 0.755. The zero-order valence-electron chi connectivity index (χ0n) is 12.8. The monoisotopic (exact) mass is 367 g/mol. The molecular weight excluding hydrogens is 353 g/mol. The smallest absolute Gasteiger partial charge is 0.409 e.